The highest BCUT2D eigenvalue weighted by atomic mass is 16.4. The summed E-state index contributed by atoms with van der Waals surface area (Å²) in [7, 11) is 0. The fourth-order valence-corrected chi connectivity index (χ4v) is 0.613. The van der Waals surface area contributed by atoms with Crippen LogP contribution >= 0.6 is 0 Å². The van der Waals surface area contributed by atoms with Crippen LogP contribution in [-0.4, -0.2) is 28.2 Å². The van der Waals surface area contributed by atoms with Gasteiger partial charge in [0.05, 0.1) is 12.8 Å². The summed E-state index contributed by atoms with van der Waals surface area (Å²) in [5.41, 5.74) is 5.30. The molecule has 0 aromatic carbocycles. The maximum absolute atomic E-state index is 10.1. The molecule has 12 heavy (non-hydrogen) atoms. The highest BCUT2D eigenvalue weighted by molar-refractivity contribution is 5.69. The standard InChI is InChI=1S/C7H11NO4/c8-5(4-7(11)12)2-1-3-6(9)10/h1-2,5H,3-4,8H2,(H,9,10)(H,11,12). The largest absolute Gasteiger partial charge is 0.481 e. The van der Waals surface area contributed by atoms with Crippen LogP contribution in [0.25, 0.3) is 0 Å². The molecule has 4 N–H and O–H groups in total. The minimum absolute atomic E-state index is 0.132. The van der Waals surface area contributed by atoms with Gasteiger partial charge in [0.15, 0.2) is 0 Å². The Morgan fingerprint density at radius 3 is 2.33 bits per heavy atom. The van der Waals surface area contributed by atoms with E-state index in [-0.39, 0.29) is 12.8 Å². The number of aliphatic carboxylic acids is 2. The lowest BCUT2D eigenvalue weighted by atomic mass is 10.2. The molecule has 0 saturated heterocycles. The van der Waals surface area contributed by atoms with Gasteiger partial charge in [-0.2, -0.15) is 0 Å². The van der Waals surface area contributed by atoms with Crippen LogP contribution in [0.3, 0.4) is 0 Å². The first-order chi connectivity index (χ1) is 5.52. The predicted octanol–water partition coefficient (Wildman–Crippen LogP) is -0.181. The second-order valence-corrected chi connectivity index (χ2v) is 2.29. The predicted molar refractivity (Wildman–Crippen MR) is 41.6 cm³/mol. The van der Waals surface area contributed by atoms with Crippen LogP contribution in [0.5, 0.6) is 0 Å². The molecule has 0 aromatic heterocycles. The van der Waals surface area contributed by atoms with Gasteiger partial charge in [0, 0.05) is 6.04 Å². The number of carbonyl (C=O) groups is 2. The van der Waals surface area contributed by atoms with Crippen LogP contribution in [0.1, 0.15) is 12.8 Å². The van der Waals surface area contributed by atoms with Crippen molar-refractivity contribution in [2.45, 2.75) is 18.9 Å². The SMILES string of the molecule is NC(C=CCC(=O)O)CC(=O)O. The first-order valence-corrected chi connectivity index (χ1v) is 3.38. The van der Waals surface area contributed by atoms with Gasteiger partial charge in [-0.05, 0) is 0 Å². The van der Waals surface area contributed by atoms with Crippen molar-refractivity contribution in [1.29, 1.82) is 0 Å². The molecule has 1 atom stereocenters. The van der Waals surface area contributed by atoms with Crippen molar-refractivity contribution in [1.82, 2.24) is 0 Å². The zero-order chi connectivity index (χ0) is 9.56. The maximum Gasteiger partial charge on any atom is 0.307 e. The van der Waals surface area contributed by atoms with E-state index in [2.05, 4.69) is 0 Å². The van der Waals surface area contributed by atoms with Crippen LogP contribution in [0.2, 0.25) is 0 Å². The summed E-state index contributed by atoms with van der Waals surface area (Å²) in [4.78, 5) is 20.1. The van der Waals surface area contributed by atoms with Crippen molar-refractivity contribution in [3.05, 3.63) is 12.2 Å². The number of rotatable bonds is 5. The summed E-state index contributed by atoms with van der Waals surface area (Å²) in [5.74, 6) is -1.96. The van der Waals surface area contributed by atoms with Gasteiger partial charge in [0.1, 0.15) is 0 Å². The minimum Gasteiger partial charge on any atom is -0.481 e. The topological polar surface area (TPSA) is 101 Å². The smallest absolute Gasteiger partial charge is 0.307 e. The van der Waals surface area contributed by atoms with Crippen molar-refractivity contribution in [3.63, 3.8) is 0 Å². The lowest BCUT2D eigenvalue weighted by Crippen LogP contribution is -2.20. The highest BCUT2D eigenvalue weighted by Crippen LogP contribution is 1.92. The summed E-state index contributed by atoms with van der Waals surface area (Å²) in [6.07, 6.45) is 2.40. The Balaban J connectivity index is 3.67. The zero-order valence-corrected chi connectivity index (χ0v) is 6.43. The molecular formula is C7H11NO4. The van der Waals surface area contributed by atoms with Crippen molar-refractivity contribution in [2.24, 2.45) is 5.73 Å². The van der Waals surface area contributed by atoms with Gasteiger partial charge in [-0.1, -0.05) is 12.2 Å². The summed E-state index contributed by atoms with van der Waals surface area (Å²) in [5, 5.41) is 16.5. The molecule has 1 unspecified atom stereocenters. The minimum atomic E-state index is -0.998. The fraction of sp³-hybridized carbons (Fsp3) is 0.429. The van der Waals surface area contributed by atoms with Gasteiger partial charge in [-0.3, -0.25) is 9.59 Å². The molecule has 0 bridgehead atoms. The van der Waals surface area contributed by atoms with Crippen LogP contribution in [0.15, 0.2) is 12.2 Å². The Bertz CT molecular complexity index is 200. The van der Waals surface area contributed by atoms with E-state index in [9.17, 15) is 9.59 Å². The van der Waals surface area contributed by atoms with E-state index in [4.69, 9.17) is 15.9 Å². The van der Waals surface area contributed by atoms with Gasteiger partial charge >= 0.3 is 11.9 Å². The van der Waals surface area contributed by atoms with E-state index in [1.165, 1.54) is 12.2 Å². The van der Waals surface area contributed by atoms with Gasteiger partial charge in [0.2, 0.25) is 0 Å². The van der Waals surface area contributed by atoms with Crippen molar-refractivity contribution >= 4 is 11.9 Å². The van der Waals surface area contributed by atoms with Crippen molar-refractivity contribution in [2.75, 3.05) is 0 Å². The molecule has 0 aliphatic carbocycles. The molecule has 0 saturated carbocycles. The Kier molecular flexibility index (Phi) is 4.71. The lowest BCUT2D eigenvalue weighted by molar-refractivity contribution is -0.137. The Hall–Kier alpha value is -1.36. The number of carboxylic acid groups (broad SMARTS) is 2. The second kappa shape index (κ2) is 5.31. The van der Waals surface area contributed by atoms with E-state index in [0.717, 1.165) is 0 Å². The third-order valence-electron chi connectivity index (χ3n) is 1.09. The Morgan fingerprint density at radius 2 is 1.92 bits per heavy atom. The lowest BCUT2D eigenvalue weighted by Gasteiger charge is -1.99. The van der Waals surface area contributed by atoms with E-state index in [1.54, 1.807) is 0 Å². The van der Waals surface area contributed by atoms with E-state index in [0.29, 0.717) is 0 Å². The molecule has 0 radical (unpaired) electrons. The zero-order valence-electron chi connectivity index (χ0n) is 6.43. The molecule has 0 aliphatic rings. The summed E-state index contributed by atoms with van der Waals surface area (Å²) < 4.78 is 0. The van der Waals surface area contributed by atoms with Crippen LogP contribution < -0.4 is 5.73 Å². The first-order valence-electron chi connectivity index (χ1n) is 3.38. The van der Waals surface area contributed by atoms with Crippen LogP contribution in [0, 0.1) is 0 Å². The van der Waals surface area contributed by atoms with Gasteiger partial charge in [-0.25, -0.2) is 0 Å². The number of nitrogens with two attached hydrogens (primary N) is 1. The molecular weight excluding hydrogens is 162 g/mol. The van der Waals surface area contributed by atoms with E-state index in [1.807, 2.05) is 0 Å². The molecule has 68 valence electrons. The average molecular weight is 173 g/mol. The summed E-state index contributed by atoms with van der Waals surface area (Å²) in [6.45, 7) is 0. The average Bonchev–Trinajstić information content (AvgIpc) is 1.84. The molecule has 0 fully saturated rings. The number of carboxylic acids is 2. The van der Waals surface area contributed by atoms with E-state index < -0.39 is 18.0 Å². The summed E-state index contributed by atoms with van der Waals surface area (Å²) in [6, 6.07) is -0.609. The molecule has 0 rings (SSSR count). The number of hydrogen-bond donors (Lipinski definition) is 3. The van der Waals surface area contributed by atoms with Crippen LogP contribution in [-0.2, 0) is 9.59 Å². The molecule has 0 spiro atoms. The van der Waals surface area contributed by atoms with Crippen LogP contribution in [0.4, 0.5) is 0 Å². The molecule has 0 aliphatic heterocycles. The molecule has 5 heteroatoms. The number of hydrogen-bond acceptors (Lipinski definition) is 3. The first kappa shape index (κ1) is 10.6. The molecule has 0 amide bonds. The maximum atomic E-state index is 10.1. The van der Waals surface area contributed by atoms with Crippen molar-refractivity contribution < 1.29 is 19.8 Å². The highest BCUT2D eigenvalue weighted by Gasteiger charge is 2.03. The molecule has 0 aromatic rings. The summed E-state index contributed by atoms with van der Waals surface area (Å²) >= 11 is 0. The third kappa shape index (κ3) is 6.76. The quantitative estimate of drug-likeness (QED) is 0.500. The van der Waals surface area contributed by atoms with E-state index >= 15 is 0 Å². The Labute approximate surface area is 69.5 Å². The van der Waals surface area contributed by atoms with Gasteiger partial charge < -0.3 is 15.9 Å². The second-order valence-electron chi connectivity index (χ2n) is 2.29. The molecule has 0 heterocycles. The van der Waals surface area contributed by atoms with Gasteiger partial charge in [0.25, 0.3) is 0 Å². The third-order valence-corrected chi connectivity index (χ3v) is 1.09. The fourth-order valence-electron chi connectivity index (χ4n) is 0.613. The van der Waals surface area contributed by atoms with Crippen molar-refractivity contribution in [3.8, 4) is 0 Å². The molecule has 5 nitrogen and oxygen atoms in total. The normalized spacial score (nSPS) is 13.1. The Morgan fingerprint density at radius 1 is 1.33 bits per heavy atom. The van der Waals surface area contributed by atoms with Gasteiger partial charge in [-0.15, -0.1) is 0 Å². The monoisotopic (exact) mass is 173 g/mol.